The smallest absolute Gasteiger partial charge is 0.328 e. The minimum atomic E-state index is -0.909. The van der Waals surface area contributed by atoms with E-state index in [0.717, 1.165) is 42.7 Å². The molecule has 1 aromatic carbocycles. The molecule has 1 heterocycles. The quantitative estimate of drug-likeness (QED) is 0.865. The van der Waals surface area contributed by atoms with Gasteiger partial charge in [-0.1, -0.05) is 11.6 Å². The molecule has 4 nitrogen and oxygen atoms in total. The molecule has 0 saturated carbocycles. The van der Waals surface area contributed by atoms with Crippen molar-refractivity contribution in [3.63, 3.8) is 0 Å². The fourth-order valence-corrected chi connectivity index (χ4v) is 2.88. The normalized spacial score (nSPS) is 16.9. The number of carboxylic acids is 1. The molecule has 0 aromatic heterocycles. The van der Waals surface area contributed by atoms with Gasteiger partial charge in [-0.3, -0.25) is 0 Å². The average molecular weight is 288 g/mol. The Balaban J connectivity index is 2.18. The molecule has 0 amide bonds. The molecule has 0 aliphatic carbocycles. The van der Waals surface area contributed by atoms with Crippen LogP contribution in [0.5, 0.6) is 0 Å². The highest BCUT2D eigenvalue weighted by Crippen LogP contribution is 2.27. The average Bonchev–Trinajstić information content (AvgIpc) is 2.45. The molecule has 0 atom stereocenters. The summed E-state index contributed by atoms with van der Waals surface area (Å²) in [5, 5.41) is 8.84. The summed E-state index contributed by atoms with van der Waals surface area (Å²) in [5.74, 6) is -0.909. The van der Waals surface area contributed by atoms with E-state index in [9.17, 15) is 4.79 Å². The molecule has 1 aliphatic rings. The van der Waals surface area contributed by atoms with Gasteiger partial charge in [0.15, 0.2) is 0 Å². The molecule has 1 fully saturated rings. The van der Waals surface area contributed by atoms with Crippen molar-refractivity contribution < 1.29 is 9.90 Å². The fourth-order valence-electron chi connectivity index (χ4n) is 2.88. The van der Waals surface area contributed by atoms with Crippen LogP contribution in [0.3, 0.4) is 0 Å². The van der Waals surface area contributed by atoms with Crippen LogP contribution in [0.15, 0.2) is 24.3 Å². The van der Waals surface area contributed by atoms with E-state index in [-0.39, 0.29) is 0 Å². The monoisotopic (exact) mass is 288 g/mol. The zero-order chi connectivity index (χ0) is 15.4. The van der Waals surface area contributed by atoms with Crippen molar-refractivity contribution in [2.45, 2.75) is 25.8 Å². The Bertz CT molecular complexity index is 530. The molecule has 1 aromatic rings. The maximum Gasteiger partial charge on any atom is 0.328 e. The number of benzene rings is 1. The molecule has 1 aliphatic heterocycles. The van der Waals surface area contributed by atoms with E-state index in [0.29, 0.717) is 6.04 Å². The Morgan fingerprint density at radius 1 is 1.33 bits per heavy atom. The number of hydrogen-bond donors (Lipinski definition) is 1. The number of rotatable bonds is 4. The molecule has 114 valence electrons. The van der Waals surface area contributed by atoms with Crippen molar-refractivity contribution in [3.05, 3.63) is 35.4 Å². The summed E-state index contributed by atoms with van der Waals surface area (Å²) < 4.78 is 0. The van der Waals surface area contributed by atoms with Crippen LogP contribution in [0.4, 0.5) is 5.69 Å². The first-order valence-electron chi connectivity index (χ1n) is 7.40. The summed E-state index contributed by atoms with van der Waals surface area (Å²) in [4.78, 5) is 15.4. The summed E-state index contributed by atoms with van der Waals surface area (Å²) in [7, 11) is 4.26. The summed E-state index contributed by atoms with van der Waals surface area (Å²) in [6, 6.07) is 6.88. The van der Waals surface area contributed by atoms with Gasteiger partial charge in [0.25, 0.3) is 0 Å². The van der Waals surface area contributed by atoms with E-state index < -0.39 is 5.97 Å². The lowest BCUT2D eigenvalue weighted by Crippen LogP contribution is -2.42. The van der Waals surface area contributed by atoms with E-state index in [2.05, 4.69) is 36.0 Å². The lowest BCUT2D eigenvalue weighted by atomic mass is 10.0. The molecule has 1 N–H and O–H groups in total. The van der Waals surface area contributed by atoms with E-state index in [1.165, 1.54) is 6.08 Å². The Hall–Kier alpha value is -1.81. The number of piperidine rings is 1. The Labute approximate surface area is 126 Å². The molecular weight excluding hydrogens is 264 g/mol. The number of carbonyl (C=O) groups is 1. The van der Waals surface area contributed by atoms with E-state index in [1.807, 2.05) is 13.0 Å². The minimum Gasteiger partial charge on any atom is -0.478 e. The second kappa shape index (κ2) is 6.76. The molecule has 1 saturated heterocycles. The SMILES string of the molecule is Cc1ccc(N2CCC(N(C)C)CC2)c(/C=C/C(=O)O)c1. The van der Waals surface area contributed by atoms with Crippen molar-refractivity contribution >= 4 is 17.7 Å². The topological polar surface area (TPSA) is 43.8 Å². The predicted molar refractivity (Wildman–Crippen MR) is 86.8 cm³/mol. The van der Waals surface area contributed by atoms with Crippen molar-refractivity contribution in [2.24, 2.45) is 0 Å². The molecular formula is C17H24N2O2. The maximum atomic E-state index is 10.8. The van der Waals surface area contributed by atoms with Crippen LogP contribution in [-0.2, 0) is 4.79 Å². The lowest BCUT2D eigenvalue weighted by Gasteiger charge is -2.37. The summed E-state index contributed by atoms with van der Waals surface area (Å²) in [6.07, 6.45) is 5.19. The zero-order valence-electron chi connectivity index (χ0n) is 13.0. The lowest BCUT2D eigenvalue weighted by molar-refractivity contribution is -0.131. The standard InChI is InChI=1S/C17H24N2O2/c1-13-4-6-16(14(12-13)5-7-17(20)21)19-10-8-15(9-11-19)18(2)3/h4-7,12,15H,8-11H2,1-3H3,(H,20,21)/b7-5+. The van der Waals surface area contributed by atoms with Gasteiger partial charge in [0, 0.05) is 30.9 Å². The third-order valence-electron chi connectivity index (χ3n) is 4.12. The number of aryl methyl sites for hydroxylation is 1. The van der Waals surface area contributed by atoms with Crippen molar-refractivity contribution in [3.8, 4) is 0 Å². The second-order valence-electron chi connectivity index (χ2n) is 5.92. The van der Waals surface area contributed by atoms with E-state index >= 15 is 0 Å². The largest absolute Gasteiger partial charge is 0.478 e. The van der Waals surface area contributed by atoms with Gasteiger partial charge in [0.1, 0.15) is 0 Å². The zero-order valence-corrected chi connectivity index (χ0v) is 13.0. The van der Waals surface area contributed by atoms with Gasteiger partial charge < -0.3 is 14.9 Å². The summed E-state index contributed by atoms with van der Waals surface area (Å²) in [5.41, 5.74) is 3.27. The molecule has 0 spiro atoms. The van der Waals surface area contributed by atoms with E-state index in [1.54, 1.807) is 6.08 Å². The molecule has 4 heteroatoms. The Morgan fingerprint density at radius 2 is 2.00 bits per heavy atom. The van der Waals surface area contributed by atoms with Crippen LogP contribution in [0, 0.1) is 6.92 Å². The van der Waals surface area contributed by atoms with Crippen LogP contribution in [0.2, 0.25) is 0 Å². The third kappa shape index (κ3) is 4.08. The van der Waals surface area contributed by atoms with Crippen molar-refractivity contribution in [2.75, 3.05) is 32.1 Å². The van der Waals surface area contributed by atoms with Crippen molar-refractivity contribution in [1.82, 2.24) is 4.90 Å². The molecule has 0 bridgehead atoms. The number of anilines is 1. The van der Waals surface area contributed by atoms with Gasteiger partial charge in [0.2, 0.25) is 0 Å². The van der Waals surface area contributed by atoms with Crippen LogP contribution >= 0.6 is 0 Å². The van der Waals surface area contributed by atoms with Crippen LogP contribution < -0.4 is 4.90 Å². The summed E-state index contributed by atoms with van der Waals surface area (Å²) >= 11 is 0. The second-order valence-corrected chi connectivity index (χ2v) is 5.92. The maximum absolute atomic E-state index is 10.8. The number of carboxylic acid groups (broad SMARTS) is 1. The predicted octanol–water partition coefficient (Wildman–Crippen LogP) is 2.62. The first kappa shape index (κ1) is 15.6. The number of nitrogens with zero attached hydrogens (tertiary/aromatic N) is 2. The molecule has 0 radical (unpaired) electrons. The van der Waals surface area contributed by atoms with Gasteiger partial charge >= 0.3 is 5.97 Å². The highest BCUT2D eigenvalue weighted by molar-refractivity contribution is 5.87. The molecule has 21 heavy (non-hydrogen) atoms. The number of hydrogen-bond acceptors (Lipinski definition) is 3. The molecule has 0 unspecified atom stereocenters. The third-order valence-corrected chi connectivity index (χ3v) is 4.12. The Morgan fingerprint density at radius 3 is 2.57 bits per heavy atom. The minimum absolute atomic E-state index is 0.643. The van der Waals surface area contributed by atoms with Crippen LogP contribution in [-0.4, -0.2) is 49.2 Å². The van der Waals surface area contributed by atoms with Gasteiger partial charge in [-0.05, 0) is 57.6 Å². The Kier molecular flexibility index (Phi) is 5.02. The van der Waals surface area contributed by atoms with Gasteiger partial charge in [-0.15, -0.1) is 0 Å². The first-order valence-corrected chi connectivity index (χ1v) is 7.40. The molecule has 2 rings (SSSR count). The van der Waals surface area contributed by atoms with Crippen LogP contribution in [0.1, 0.15) is 24.0 Å². The van der Waals surface area contributed by atoms with Gasteiger partial charge in [0.05, 0.1) is 0 Å². The van der Waals surface area contributed by atoms with E-state index in [4.69, 9.17) is 5.11 Å². The summed E-state index contributed by atoms with van der Waals surface area (Å²) in [6.45, 7) is 4.06. The number of aliphatic carboxylic acids is 1. The van der Waals surface area contributed by atoms with Crippen molar-refractivity contribution in [1.29, 1.82) is 0 Å². The first-order chi connectivity index (χ1) is 9.97. The van der Waals surface area contributed by atoms with Gasteiger partial charge in [-0.2, -0.15) is 0 Å². The van der Waals surface area contributed by atoms with Crippen LogP contribution in [0.25, 0.3) is 6.08 Å². The highest BCUT2D eigenvalue weighted by Gasteiger charge is 2.21. The highest BCUT2D eigenvalue weighted by atomic mass is 16.4. The van der Waals surface area contributed by atoms with Gasteiger partial charge in [-0.25, -0.2) is 4.79 Å². The fraction of sp³-hybridized carbons (Fsp3) is 0.471.